The van der Waals surface area contributed by atoms with Crippen LogP contribution < -0.4 is 0 Å². The zero-order chi connectivity index (χ0) is 23.3. The number of benzene rings is 4. The van der Waals surface area contributed by atoms with E-state index in [0.717, 1.165) is 71.9 Å². The van der Waals surface area contributed by atoms with Gasteiger partial charge in [-0.15, -0.1) is 0 Å². The van der Waals surface area contributed by atoms with Gasteiger partial charge in [-0.05, 0) is 59.8 Å². The molecule has 0 saturated heterocycles. The van der Waals surface area contributed by atoms with Crippen molar-refractivity contribution in [2.24, 2.45) is 0 Å². The van der Waals surface area contributed by atoms with Gasteiger partial charge in [-0.25, -0.2) is 0 Å². The molecular formula is C32H32O2. The van der Waals surface area contributed by atoms with Gasteiger partial charge in [-0.3, -0.25) is 0 Å². The molecule has 1 saturated carbocycles. The molecule has 2 nitrogen and oxygen atoms in total. The van der Waals surface area contributed by atoms with Crippen molar-refractivity contribution in [2.45, 2.75) is 50.4 Å². The molecule has 34 heavy (non-hydrogen) atoms. The van der Waals surface area contributed by atoms with Crippen molar-refractivity contribution < 1.29 is 10.2 Å². The minimum absolute atomic E-state index is 0.369. The molecule has 0 amide bonds. The van der Waals surface area contributed by atoms with Gasteiger partial charge in [0.05, 0.1) is 0 Å². The van der Waals surface area contributed by atoms with Crippen LogP contribution in [-0.4, -0.2) is 10.2 Å². The Morgan fingerprint density at radius 2 is 0.824 bits per heavy atom. The molecule has 1 aliphatic carbocycles. The van der Waals surface area contributed by atoms with Crippen molar-refractivity contribution in [1.29, 1.82) is 0 Å². The van der Waals surface area contributed by atoms with Crippen molar-refractivity contribution in [3.63, 3.8) is 0 Å². The molecule has 0 aliphatic heterocycles. The van der Waals surface area contributed by atoms with Crippen LogP contribution in [0.25, 0.3) is 22.3 Å². The minimum Gasteiger partial charge on any atom is -0.507 e. The fourth-order valence-corrected chi connectivity index (χ4v) is 5.61. The highest BCUT2D eigenvalue weighted by Crippen LogP contribution is 2.45. The minimum atomic E-state index is 0.369. The summed E-state index contributed by atoms with van der Waals surface area (Å²) in [6.07, 6.45) is 6.39. The highest BCUT2D eigenvalue weighted by Gasteiger charge is 2.24. The van der Waals surface area contributed by atoms with Crippen LogP contribution in [0.15, 0.2) is 97.1 Å². The van der Waals surface area contributed by atoms with Crippen LogP contribution in [0.5, 0.6) is 11.5 Å². The quantitative estimate of drug-likeness (QED) is 0.328. The third-order valence-corrected chi connectivity index (χ3v) is 7.39. The lowest BCUT2D eigenvalue weighted by molar-refractivity contribution is 0.394. The van der Waals surface area contributed by atoms with E-state index in [1.807, 2.05) is 48.5 Å². The second-order valence-corrected chi connectivity index (χ2v) is 9.47. The van der Waals surface area contributed by atoms with Crippen molar-refractivity contribution in [3.05, 3.63) is 108 Å². The Morgan fingerprint density at radius 1 is 0.441 bits per heavy atom. The summed E-state index contributed by atoms with van der Waals surface area (Å²) < 4.78 is 0. The van der Waals surface area contributed by atoms with E-state index < -0.39 is 0 Å². The molecule has 0 aromatic heterocycles. The first kappa shape index (κ1) is 22.3. The molecule has 4 aromatic carbocycles. The summed E-state index contributed by atoms with van der Waals surface area (Å²) in [7, 11) is 0. The predicted octanol–water partition coefficient (Wildman–Crippen LogP) is 8.65. The molecule has 0 bridgehead atoms. The summed E-state index contributed by atoms with van der Waals surface area (Å²) >= 11 is 0. The highest BCUT2D eigenvalue weighted by atomic mass is 16.3. The maximum Gasteiger partial charge on any atom is 0.126 e. The van der Waals surface area contributed by atoms with Crippen LogP contribution in [0, 0.1) is 0 Å². The third kappa shape index (κ3) is 4.59. The van der Waals surface area contributed by atoms with E-state index in [0.29, 0.717) is 23.3 Å². The average molecular weight is 449 g/mol. The van der Waals surface area contributed by atoms with E-state index >= 15 is 0 Å². The smallest absolute Gasteiger partial charge is 0.126 e. The Morgan fingerprint density at radius 3 is 1.21 bits per heavy atom. The van der Waals surface area contributed by atoms with E-state index in [2.05, 4.69) is 48.5 Å². The Kier molecular flexibility index (Phi) is 6.67. The van der Waals surface area contributed by atoms with Gasteiger partial charge in [0, 0.05) is 11.1 Å². The second-order valence-electron chi connectivity index (χ2n) is 9.47. The van der Waals surface area contributed by atoms with E-state index in [1.54, 1.807) is 0 Å². The summed E-state index contributed by atoms with van der Waals surface area (Å²) in [5.41, 5.74) is 6.10. The molecule has 0 unspecified atom stereocenters. The van der Waals surface area contributed by atoms with Gasteiger partial charge in [-0.2, -0.15) is 0 Å². The van der Waals surface area contributed by atoms with Crippen molar-refractivity contribution in [2.75, 3.05) is 0 Å². The molecule has 0 heterocycles. The molecule has 2 heteroatoms. The Balaban J connectivity index is 1.33. The summed E-state index contributed by atoms with van der Waals surface area (Å²) in [5.74, 6) is 1.61. The molecule has 1 fully saturated rings. The standard InChI is InChI=1S/C32H32O2/c33-31-27(23-11-3-1-4-12-23)19-9-21-29(31)25-15-7-17-26(18-8-16-25)30-22-10-20-28(32(30)34)24-13-5-2-6-14-24/h1-6,9-14,19-22,25-26,33-34H,7-8,15-18H2. The molecule has 172 valence electrons. The van der Waals surface area contributed by atoms with Gasteiger partial charge in [0.25, 0.3) is 0 Å². The Hall–Kier alpha value is -3.52. The number of rotatable bonds is 4. The molecule has 4 aromatic rings. The van der Waals surface area contributed by atoms with Gasteiger partial charge in [0.15, 0.2) is 0 Å². The van der Waals surface area contributed by atoms with Gasteiger partial charge in [0.2, 0.25) is 0 Å². The highest BCUT2D eigenvalue weighted by molar-refractivity contribution is 5.73. The summed E-state index contributed by atoms with van der Waals surface area (Å²) in [5, 5.41) is 22.3. The molecule has 5 rings (SSSR count). The molecule has 1 aliphatic rings. The van der Waals surface area contributed by atoms with Crippen LogP contribution in [0.1, 0.15) is 61.5 Å². The Labute approximate surface area is 202 Å². The monoisotopic (exact) mass is 448 g/mol. The molecule has 0 spiro atoms. The maximum absolute atomic E-state index is 11.1. The third-order valence-electron chi connectivity index (χ3n) is 7.39. The number of hydrogen-bond acceptors (Lipinski definition) is 2. The summed E-state index contributed by atoms with van der Waals surface area (Å²) in [4.78, 5) is 0. The second kappa shape index (κ2) is 10.2. The average Bonchev–Trinajstić information content (AvgIpc) is 2.86. The lowest BCUT2D eigenvalue weighted by Gasteiger charge is -2.27. The van der Waals surface area contributed by atoms with Crippen molar-refractivity contribution in [1.82, 2.24) is 0 Å². The first-order chi connectivity index (χ1) is 16.7. The van der Waals surface area contributed by atoms with Crippen molar-refractivity contribution in [3.8, 4) is 33.8 Å². The van der Waals surface area contributed by atoms with E-state index in [9.17, 15) is 10.2 Å². The zero-order valence-corrected chi connectivity index (χ0v) is 19.5. The predicted molar refractivity (Wildman–Crippen MR) is 140 cm³/mol. The first-order valence-corrected chi connectivity index (χ1v) is 12.5. The first-order valence-electron chi connectivity index (χ1n) is 12.5. The zero-order valence-electron chi connectivity index (χ0n) is 19.5. The SMILES string of the molecule is Oc1c(-c2ccccc2)cccc1C1CCCC(c2cccc(-c3ccccc3)c2O)CCC1. The number of hydrogen-bond donors (Lipinski definition) is 2. The van der Waals surface area contributed by atoms with Crippen LogP contribution >= 0.6 is 0 Å². The lowest BCUT2D eigenvalue weighted by Crippen LogP contribution is -2.08. The molecule has 0 radical (unpaired) electrons. The molecule has 2 N–H and O–H groups in total. The van der Waals surface area contributed by atoms with Gasteiger partial charge >= 0.3 is 0 Å². The maximum atomic E-state index is 11.1. The number of aromatic hydroxyl groups is 2. The van der Waals surface area contributed by atoms with Gasteiger partial charge < -0.3 is 10.2 Å². The largest absolute Gasteiger partial charge is 0.507 e. The molecule has 0 atom stereocenters. The summed E-state index contributed by atoms with van der Waals surface area (Å²) in [6, 6.07) is 32.6. The van der Waals surface area contributed by atoms with E-state index in [4.69, 9.17) is 0 Å². The number of para-hydroxylation sites is 2. The van der Waals surface area contributed by atoms with E-state index in [1.165, 1.54) is 0 Å². The normalized spacial score (nSPS) is 18.7. The van der Waals surface area contributed by atoms with Crippen LogP contribution in [-0.2, 0) is 0 Å². The number of phenols is 2. The summed E-state index contributed by atoms with van der Waals surface area (Å²) in [6.45, 7) is 0. The Bertz CT molecular complexity index is 1120. The fourth-order valence-electron chi connectivity index (χ4n) is 5.61. The fraction of sp³-hybridized carbons (Fsp3) is 0.250. The van der Waals surface area contributed by atoms with Gasteiger partial charge in [0.1, 0.15) is 11.5 Å². The van der Waals surface area contributed by atoms with Gasteiger partial charge in [-0.1, -0.05) is 110 Å². The molecular weight excluding hydrogens is 416 g/mol. The van der Waals surface area contributed by atoms with Crippen LogP contribution in [0.4, 0.5) is 0 Å². The lowest BCUT2D eigenvalue weighted by atomic mass is 9.79. The van der Waals surface area contributed by atoms with Crippen LogP contribution in [0.3, 0.4) is 0 Å². The number of phenolic OH excluding ortho intramolecular Hbond substituents is 2. The van der Waals surface area contributed by atoms with Crippen LogP contribution in [0.2, 0.25) is 0 Å². The topological polar surface area (TPSA) is 40.5 Å². The van der Waals surface area contributed by atoms with Crippen molar-refractivity contribution >= 4 is 0 Å². The van der Waals surface area contributed by atoms with E-state index in [-0.39, 0.29) is 0 Å².